The van der Waals surface area contributed by atoms with Gasteiger partial charge in [0.05, 0.1) is 32.5 Å². The first-order chi connectivity index (χ1) is 18.2. The van der Waals surface area contributed by atoms with Crippen molar-refractivity contribution in [1.29, 1.82) is 0 Å². The van der Waals surface area contributed by atoms with Crippen molar-refractivity contribution in [2.75, 3.05) is 27.4 Å². The summed E-state index contributed by atoms with van der Waals surface area (Å²) in [7, 11) is 3.17. The van der Waals surface area contributed by atoms with Gasteiger partial charge in [0.1, 0.15) is 12.4 Å². The fourth-order valence-corrected chi connectivity index (χ4v) is 5.15. The molecule has 0 fully saturated rings. The summed E-state index contributed by atoms with van der Waals surface area (Å²) in [6.45, 7) is 6.05. The van der Waals surface area contributed by atoms with Crippen molar-refractivity contribution in [2.45, 2.75) is 51.6 Å². The van der Waals surface area contributed by atoms with Gasteiger partial charge >= 0.3 is 5.97 Å². The molecule has 2 aromatic rings. The summed E-state index contributed by atoms with van der Waals surface area (Å²) in [6.07, 6.45) is 0.906. The standard InChI is InChI=1S/C30H35NO7/c1-17(2)37-12-13-38-30(34)27-18(3)31-23-14-21(20-8-11-25(35-4)26(16-20)36-5)15-24(33)29(23)28(27)19-6-9-22(32)10-7-19/h6-11,16-17,21,28,31-32H,12-15H2,1-5H3/t21-,28-/m0/s1. The van der Waals surface area contributed by atoms with Gasteiger partial charge in [-0.15, -0.1) is 0 Å². The van der Waals surface area contributed by atoms with E-state index in [0.29, 0.717) is 34.8 Å². The molecule has 1 aliphatic heterocycles. The molecule has 202 valence electrons. The minimum atomic E-state index is -0.607. The molecule has 0 amide bonds. The lowest BCUT2D eigenvalue weighted by Crippen LogP contribution is -2.36. The maximum atomic E-state index is 13.8. The number of rotatable bonds is 9. The van der Waals surface area contributed by atoms with E-state index in [1.54, 1.807) is 38.5 Å². The molecule has 0 bridgehead atoms. The minimum absolute atomic E-state index is 0.0296. The number of phenolic OH excluding ortho intramolecular Hbond substituents is 1. The van der Waals surface area contributed by atoms with Gasteiger partial charge in [0.25, 0.3) is 0 Å². The van der Waals surface area contributed by atoms with Crippen LogP contribution in [0.2, 0.25) is 0 Å². The van der Waals surface area contributed by atoms with Crippen molar-refractivity contribution in [3.63, 3.8) is 0 Å². The molecule has 4 rings (SSSR count). The lowest BCUT2D eigenvalue weighted by Gasteiger charge is -2.36. The van der Waals surface area contributed by atoms with E-state index in [2.05, 4.69) is 5.32 Å². The predicted molar refractivity (Wildman–Crippen MR) is 142 cm³/mol. The average molecular weight is 522 g/mol. The maximum absolute atomic E-state index is 13.8. The third-order valence-electron chi connectivity index (χ3n) is 6.92. The van der Waals surface area contributed by atoms with E-state index in [4.69, 9.17) is 18.9 Å². The van der Waals surface area contributed by atoms with E-state index >= 15 is 0 Å². The first-order valence-electron chi connectivity index (χ1n) is 12.8. The molecule has 2 aromatic carbocycles. The lowest BCUT2D eigenvalue weighted by molar-refractivity contribution is -0.141. The summed E-state index contributed by atoms with van der Waals surface area (Å²) in [4.78, 5) is 27.1. The van der Waals surface area contributed by atoms with Crippen LogP contribution in [0.15, 0.2) is 65.0 Å². The lowest BCUT2D eigenvalue weighted by atomic mass is 9.71. The summed E-state index contributed by atoms with van der Waals surface area (Å²) in [5.74, 6) is 0.128. The number of carbonyl (C=O) groups excluding carboxylic acids is 2. The fourth-order valence-electron chi connectivity index (χ4n) is 5.15. The Hall–Kier alpha value is -3.78. The number of phenols is 1. The fraction of sp³-hybridized carbons (Fsp3) is 0.400. The van der Waals surface area contributed by atoms with Crippen molar-refractivity contribution < 1.29 is 33.6 Å². The SMILES string of the molecule is COc1ccc([C@@H]2CC(=O)C3=C(C2)NC(C)=C(C(=O)OCCOC(C)C)[C@@H]3c2ccc(O)cc2)cc1OC. The van der Waals surface area contributed by atoms with Crippen molar-refractivity contribution in [1.82, 2.24) is 5.32 Å². The highest BCUT2D eigenvalue weighted by Gasteiger charge is 2.41. The molecule has 1 heterocycles. The summed E-state index contributed by atoms with van der Waals surface area (Å²) < 4.78 is 21.9. The molecular weight excluding hydrogens is 486 g/mol. The maximum Gasteiger partial charge on any atom is 0.336 e. The van der Waals surface area contributed by atoms with Crippen molar-refractivity contribution in [2.24, 2.45) is 0 Å². The number of ether oxygens (including phenoxy) is 4. The van der Waals surface area contributed by atoms with Crippen LogP contribution in [0.25, 0.3) is 0 Å². The normalized spacial score (nSPS) is 19.3. The van der Waals surface area contributed by atoms with Gasteiger partial charge in [-0.25, -0.2) is 4.79 Å². The molecule has 0 spiro atoms. The van der Waals surface area contributed by atoms with Gasteiger partial charge in [-0.3, -0.25) is 4.79 Å². The van der Waals surface area contributed by atoms with Gasteiger partial charge in [-0.2, -0.15) is 0 Å². The quantitative estimate of drug-likeness (QED) is 0.360. The zero-order chi connectivity index (χ0) is 27.4. The number of Topliss-reactive ketones (excluding diaryl/α,β-unsaturated/α-hetero) is 1. The number of esters is 1. The number of dihydropyridines is 1. The zero-order valence-corrected chi connectivity index (χ0v) is 22.5. The molecule has 0 unspecified atom stereocenters. The van der Waals surface area contributed by atoms with Crippen molar-refractivity contribution in [3.8, 4) is 17.2 Å². The van der Waals surface area contributed by atoms with Crippen LogP contribution >= 0.6 is 0 Å². The molecule has 38 heavy (non-hydrogen) atoms. The molecular formula is C30H35NO7. The highest BCUT2D eigenvalue weighted by molar-refractivity contribution is 6.04. The minimum Gasteiger partial charge on any atom is -0.508 e. The number of nitrogens with one attached hydrogen (secondary N) is 1. The summed E-state index contributed by atoms with van der Waals surface area (Å²) in [5.41, 5.74) is 4.08. The number of ketones is 1. The summed E-state index contributed by atoms with van der Waals surface area (Å²) in [5, 5.41) is 13.2. The Morgan fingerprint density at radius 1 is 1.00 bits per heavy atom. The number of methoxy groups -OCH3 is 2. The Labute approximate surface area is 223 Å². The topological polar surface area (TPSA) is 103 Å². The van der Waals surface area contributed by atoms with Gasteiger partial charge < -0.3 is 29.4 Å². The number of benzene rings is 2. The van der Waals surface area contributed by atoms with Gasteiger partial charge in [0, 0.05) is 29.3 Å². The third-order valence-corrected chi connectivity index (χ3v) is 6.92. The number of allylic oxidation sites excluding steroid dienone is 3. The number of aromatic hydroxyl groups is 1. The first kappa shape index (κ1) is 27.3. The highest BCUT2D eigenvalue weighted by Crippen LogP contribution is 2.46. The van der Waals surface area contributed by atoms with Crippen molar-refractivity contribution >= 4 is 11.8 Å². The average Bonchev–Trinajstić information content (AvgIpc) is 2.90. The summed E-state index contributed by atoms with van der Waals surface area (Å²) >= 11 is 0. The molecule has 8 heteroatoms. The van der Waals surface area contributed by atoms with E-state index in [-0.39, 0.29) is 43.2 Å². The van der Waals surface area contributed by atoms with Crippen LogP contribution in [0, 0.1) is 0 Å². The first-order valence-corrected chi connectivity index (χ1v) is 12.8. The molecule has 2 atom stereocenters. The second kappa shape index (κ2) is 11.7. The second-order valence-corrected chi connectivity index (χ2v) is 9.78. The second-order valence-electron chi connectivity index (χ2n) is 9.78. The van der Waals surface area contributed by atoms with Crippen LogP contribution in [-0.4, -0.2) is 50.4 Å². The molecule has 2 aliphatic rings. The van der Waals surface area contributed by atoms with Crippen LogP contribution in [-0.2, 0) is 19.1 Å². The van der Waals surface area contributed by atoms with Gasteiger partial charge in [0.2, 0.25) is 0 Å². The molecule has 8 nitrogen and oxygen atoms in total. The van der Waals surface area contributed by atoms with Crippen molar-refractivity contribution in [3.05, 3.63) is 76.1 Å². The van der Waals surface area contributed by atoms with Crippen LogP contribution in [0.4, 0.5) is 0 Å². The number of carbonyl (C=O) groups is 2. The van der Waals surface area contributed by atoms with E-state index < -0.39 is 11.9 Å². The van der Waals surface area contributed by atoms with Crippen LogP contribution in [0.3, 0.4) is 0 Å². The Morgan fingerprint density at radius 3 is 2.34 bits per heavy atom. The molecule has 0 saturated carbocycles. The molecule has 0 aromatic heterocycles. The van der Waals surface area contributed by atoms with Gasteiger partial charge in [-0.1, -0.05) is 18.2 Å². The Balaban J connectivity index is 1.68. The number of hydrogen-bond donors (Lipinski definition) is 2. The van der Waals surface area contributed by atoms with Crippen LogP contribution in [0.5, 0.6) is 17.2 Å². The Kier molecular flexibility index (Phi) is 8.42. The summed E-state index contributed by atoms with van der Waals surface area (Å²) in [6, 6.07) is 12.3. The Morgan fingerprint density at radius 2 is 1.68 bits per heavy atom. The Bertz CT molecular complexity index is 1260. The molecule has 0 radical (unpaired) electrons. The van der Waals surface area contributed by atoms with Gasteiger partial charge in [0.15, 0.2) is 17.3 Å². The van der Waals surface area contributed by atoms with Crippen LogP contribution < -0.4 is 14.8 Å². The van der Waals surface area contributed by atoms with Gasteiger partial charge in [-0.05, 0) is 68.5 Å². The highest BCUT2D eigenvalue weighted by atomic mass is 16.6. The molecule has 0 saturated heterocycles. The largest absolute Gasteiger partial charge is 0.508 e. The smallest absolute Gasteiger partial charge is 0.336 e. The van der Waals surface area contributed by atoms with E-state index in [0.717, 1.165) is 16.8 Å². The predicted octanol–water partition coefficient (Wildman–Crippen LogP) is 4.74. The number of hydrogen-bond acceptors (Lipinski definition) is 8. The monoisotopic (exact) mass is 521 g/mol. The van der Waals surface area contributed by atoms with Crippen LogP contribution in [0.1, 0.15) is 56.6 Å². The molecule has 2 N–H and O–H groups in total. The third kappa shape index (κ3) is 5.70. The molecule has 1 aliphatic carbocycles. The van der Waals surface area contributed by atoms with E-state index in [1.807, 2.05) is 39.0 Å². The van der Waals surface area contributed by atoms with E-state index in [9.17, 15) is 14.7 Å². The van der Waals surface area contributed by atoms with E-state index in [1.165, 1.54) is 0 Å². The zero-order valence-electron chi connectivity index (χ0n) is 22.5.